The summed E-state index contributed by atoms with van der Waals surface area (Å²) in [6.07, 6.45) is 4.79. The van der Waals surface area contributed by atoms with Gasteiger partial charge < -0.3 is 24.4 Å². The number of rotatable bonds is 7. The number of β-lactam (4-membered cyclic amide) rings is 1. The van der Waals surface area contributed by atoms with Gasteiger partial charge in [0.05, 0.1) is 14.2 Å². The molecular weight excluding hydrogens is 480 g/mol. The molecule has 3 aliphatic rings. The third kappa shape index (κ3) is 4.19. The molecule has 2 saturated heterocycles. The molecule has 8 nitrogen and oxygen atoms in total. The number of nitrogens with zero attached hydrogens (tertiary/aromatic N) is 1. The highest BCUT2D eigenvalue weighted by Crippen LogP contribution is 2.57. The van der Waals surface area contributed by atoms with Crippen LogP contribution in [-0.4, -0.2) is 59.1 Å². The number of carbonyl (C=O) groups is 3. The summed E-state index contributed by atoms with van der Waals surface area (Å²) in [5.41, 5.74) is 1.14. The predicted octanol–water partition coefficient (Wildman–Crippen LogP) is 3.53. The van der Waals surface area contributed by atoms with Crippen LogP contribution in [0, 0.1) is 0 Å². The van der Waals surface area contributed by atoms with E-state index in [1.807, 2.05) is 30.3 Å². The SMILES string of the molecule is COc1cccc(OC)c1C(=O)NC1C(=O)N2C(C(=O)OCc3ccccc3)C3(CCCCC3)S[C@@H]12. The first-order valence-corrected chi connectivity index (χ1v) is 13.1. The number of nitrogens with one attached hydrogen (secondary N) is 1. The van der Waals surface area contributed by atoms with Gasteiger partial charge in [0.2, 0.25) is 5.91 Å². The molecule has 1 spiro atoms. The highest BCUT2D eigenvalue weighted by atomic mass is 32.2. The third-order valence-corrected chi connectivity index (χ3v) is 9.14. The van der Waals surface area contributed by atoms with E-state index in [2.05, 4.69) is 5.32 Å². The van der Waals surface area contributed by atoms with Gasteiger partial charge in [-0.2, -0.15) is 0 Å². The number of benzene rings is 2. The predicted molar refractivity (Wildman–Crippen MR) is 135 cm³/mol. The first kappa shape index (κ1) is 24.5. The molecule has 1 saturated carbocycles. The van der Waals surface area contributed by atoms with Crippen molar-refractivity contribution >= 4 is 29.5 Å². The van der Waals surface area contributed by atoms with E-state index < -0.39 is 22.7 Å². The maximum Gasteiger partial charge on any atom is 0.330 e. The minimum Gasteiger partial charge on any atom is -0.496 e. The van der Waals surface area contributed by atoms with Gasteiger partial charge in [-0.1, -0.05) is 55.7 Å². The van der Waals surface area contributed by atoms with Crippen LogP contribution >= 0.6 is 11.8 Å². The summed E-state index contributed by atoms with van der Waals surface area (Å²) < 4.78 is 16.0. The molecule has 2 heterocycles. The first-order chi connectivity index (χ1) is 17.5. The Kier molecular flexibility index (Phi) is 6.83. The molecule has 5 rings (SSSR count). The van der Waals surface area contributed by atoms with Gasteiger partial charge in [0, 0.05) is 4.75 Å². The normalized spacial score (nSPS) is 24.0. The van der Waals surface area contributed by atoms with Crippen LogP contribution in [0.3, 0.4) is 0 Å². The third-order valence-electron chi connectivity index (χ3n) is 7.30. The highest BCUT2D eigenvalue weighted by molar-refractivity contribution is 8.01. The van der Waals surface area contributed by atoms with Gasteiger partial charge in [-0.05, 0) is 30.5 Å². The van der Waals surface area contributed by atoms with Crippen molar-refractivity contribution in [1.82, 2.24) is 10.2 Å². The zero-order chi connectivity index (χ0) is 25.3. The lowest BCUT2D eigenvalue weighted by atomic mass is 9.81. The standard InChI is InChI=1S/C27H30N2O6S/c1-33-18-12-9-13-19(34-2)20(18)23(30)28-21-24(31)29-22(26(32)35-16-17-10-5-3-6-11-17)27(36-25(21)29)14-7-4-8-15-27/h3,5-6,9-13,21-22,25H,4,7-8,14-16H2,1-2H3,(H,28,30)/t21?,22?,25-/m0/s1. The number of hydrogen-bond acceptors (Lipinski definition) is 7. The molecule has 2 unspecified atom stereocenters. The topological polar surface area (TPSA) is 94.2 Å². The van der Waals surface area contributed by atoms with Crippen LogP contribution in [0.15, 0.2) is 48.5 Å². The Morgan fingerprint density at radius 1 is 1.00 bits per heavy atom. The zero-order valence-electron chi connectivity index (χ0n) is 20.4. The number of thioether (sulfide) groups is 1. The minimum atomic E-state index is -0.733. The fraction of sp³-hybridized carbons (Fsp3) is 0.444. The summed E-state index contributed by atoms with van der Waals surface area (Å²) in [6.45, 7) is 0.164. The molecule has 2 amide bonds. The number of fused-ring (bicyclic) bond motifs is 1. The van der Waals surface area contributed by atoms with Crippen molar-refractivity contribution in [3.8, 4) is 11.5 Å². The van der Waals surface area contributed by atoms with Crippen LogP contribution < -0.4 is 14.8 Å². The summed E-state index contributed by atoms with van der Waals surface area (Å²) >= 11 is 1.64. The van der Waals surface area contributed by atoms with Crippen molar-refractivity contribution in [2.45, 2.75) is 60.9 Å². The lowest BCUT2D eigenvalue weighted by Crippen LogP contribution is -2.71. The van der Waals surface area contributed by atoms with Gasteiger partial charge in [-0.25, -0.2) is 4.79 Å². The van der Waals surface area contributed by atoms with E-state index in [4.69, 9.17) is 14.2 Å². The second-order valence-corrected chi connectivity index (χ2v) is 10.9. The first-order valence-electron chi connectivity index (χ1n) is 12.2. The van der Waals surface area contributed by atoms with Crippen molar-refractivity contribution in [3.63, 3.8) is 0 Å². The van der Waals surface area contributed by atoms with Gasteiger partial charge in [-0.15, -0.1) is 11.8 Å². The Morgan fingerprint density at radius 3 is 2.31 bits per heavy atom. The number of methoxy groups -OCH3 is 2. The number of ether oxygens (including phenoxy) is 3. The maximum atomic E-state index is 13.4. The summed E-state index contributed by atoms with van der Waals surface area (Å²) in [5, 5.41) is 2.56. The zero-order valence-corrected chi connectivity index (χ0v) is 21.2. The van der Waals surface area contributed by atoms with E-state index in [1.54, 1.807) is 34.9 Å². The van der Waals surface area contributed by atoms with Crippen LogP contribution in [-0.2, 0) is 20.9 Å². The molecule has 0 bridgehead atoms. The molecule has 0 radical (unpaired) electrons. The van der Waals surface area contributed by atoms with Crippen molar-refractivity contribution in [2.75, 3.05) is 14.2 Å². The fourth-order valence-corrected chi connectivity index (χ4v) is 7.55. The molecule has 2 aromatic rings. The molecule has 0 aromatic heterocycles. The quantitative estimate of drug-likeness (QED) is 0.450. The van der Waals surface area contributed by atoms with Gasteiger partial charge in [0.25, 0.3) is 5.91 Å². The number of esters is 1. The summed E-state index contributed by atoms with van der Waals surface area (Å²) in [7, 11) is 2.96. The molecule has 36 heavy (non-hydrogen) atoms. The average molecular weight is 511 g/mol. The largest absolute Gasteiger partial charge is 0.496 e. The fourth-order valence-electron chi connectivity index (χ4n) is 5.54. The highest BCUT2D eigenvalue weighted by Gasteiger charge is 2.67. The smallest absolute Gasteiger partial charge is 0.330 e. The number of amides is 2. The molecule has 9 heteroatoms. The van der Waals surface area contributed by atoms with E-state index >= 15 is 0 Å². The lowest BCUT2D eigenvalue weighted by molar-refractivity contribution is -0.165. The van der Waals surface area contributed by atoms with Gasteiger partial charge in [0.1, 0.15) is 41.1 Å². The number of hydrogen-bond donors (Lipinski definition) is 1. The summed E-state index contributed by atoms with van der Waals surface area (Å²) in [6, 6.07) is 13.2. The average Bonchev–Trinajstić information content (AvgIpc) is 3.20. The van der Waals surface area contributed by atoms with Gasteiger partial charge >= 0.3 is 5.97 Å². The van der Waals surface area contributed by atoms with Crippen LogP contribution in [0.4, 0.5) is 0 Å². The second kappa shape index (κ2) is 10.0. The Balaban J connectivity index is 1.36. The van der Waals surface area contributed by atoms with Crippen LogP contribution in [0.1, 0.15) is 48.0 Å². The van der Waals surface area contributed by atoms with E-state index in [0.29, 0.717) is 11.5 Å². The number of carbonyl (C=O) groups excluding carboxylic acids is 3. The van der Waals surface area contributed by atoms with Crippen molar-refractivity contribution in [3.05, 3.63) is 59.7 Å². The van der Waals surface area contributed by atoms with Crippen molar-refractivity contribution in [1.29, 1.82) is 0 Å². The second-order valence-electron chi connectivity index (χ2n) is 9.36. The maximum absolute atomic E-state index is 13.4. The Bertz CT molecular complexity index is 1130. The molecule has 190 valence electrons. The van der Waals surface area contributed by atoms with E-state index in [0.717, 1.165) is 37.7 Å². The van der Waals surface area contributed by atoms with E-state index in [1.165, 1.54) is 14.2 Å². The molecule has 2 aromatic carbocycles. The monoisotopic (exact) mass is 510 g/mol. The van der Waals surface area contributed by atoms with Crippen LogP contribution in [0.5, 0.6) is 11.5 Å². The summed E-state index contributed by atoms with van der Waals surface area (Å²) in [5.74, 6) is -0.365. The molecule has 3 atom stereocenters. The van der Waals surface area contributed by atoms with Gasteiger partial charge in [-0.3, -0.25) is 9.59 Å². The molecule has 1 aliphatic carbocycles. The molecule has 2 aliphatic heterocycles. The summed E-state index contributed by atoms with van der Waals surface area (Å²) in [4.78, 5) is 41.6. The van der Waals surface area contributed by atoms with Crippen LogP contribution in [0.25, 0.3) is 0 Å². The Labute approximate surface area is 214 Å². The van der Waals surface area contributed by atoms with Crippen LogP contribution in [0.2, 0.25) is 0 Å². The minimum absolute atomic E-state index is 0.164. The van der Waals surface area contributed by atoms with Crippen molar-refractivity contribution < 1.29 is 28.6 Å². The van der Waals surface area contributed by atoms with E-state index in [-0.39, 0.29) is 29.4 Å². The Morgan fingerprint density at radius 2 is 1.67 bits per heavy atom. The molecule has 1 N–H and O–H groups in total. The molecular formula is C27H30N2O6S. The van der Waals surface area contributed by atoms with E-state index in [9.17, 15) is 14.4 Å². The van der Waals surface area contributed by atoms with Gasteiger partial charge in [0.15, 0.2) is 0 Å². The molecule has 3 fully saturated rings. The Hall–Kier alpha value is -3.20. The lowest BCUT2D eigenvalue weighted by Gasteiger charge is -2.44. The van der Waals surface area contributed by atoms with Crippen molar-refractivity contribution in [2.24, 2.45) is 0 Å².